The Bertz CT molecular complexity index is 406. The van der Waals surface area contributed by atoms with E-state index in [1.54, 1.807) is 0 Å². The predicted octanol–water partition coefficient (Wildman–Crippen LogP) is 2.56. The van der Waals surface area contributed by atoms with Gasteiger partial charge in [-0.2, -0.15) is 0 Å². The van der Waals surface area contributed by atoms with Gasteiger partial charge >= 0.3 is 0 Å². The minimum absolute atomic E-state index is 0.872. The maximum atomic E-state index is 13.2. The number of hydrogen-bond acceptors (Lipinski definition) is 2. The van der Waals surface area contributed by atoms with Gasteiger partial charge in [-0.3, -0.25) is 0 Å². The third kappa shape index (κ3) is 2.49. The maximum Gasteiger partial charge on any atom is 0.200 e. The van der Waals surface area contributed by atoms with Crippen LogP contribution < -0.4 is 5.32 Å². The second-order valence-electron chi connectivity index (χ2n) is 3.62. The van der Waals surface area contributed by atoms with Crippen LogP contribution in [0.15, 0.2) is 0 Å². The molecular weight excluding hydrogens is 245 g/mol. The van der Waals surface area contributed by atoms with Crippen molar-refractivity contribution < 1.29 is 27.1 Å². The van der Waals surface area contributed by atoms with Crippen LogP contribution in [0.2, 0.25) is 0 Å². The predicted molar refractivity (Wildman–Crippen MR) is 51.0 cm³/mol. The lowest BCUT2D eigenvalue weighted by molar-refractivity contribution is 0.177. The largest absolute Gasteiger partial charge is 0.391 e. The van der Waals surface area contributed by atoms with Gasteiger partial charge in [0, 0.05) is 6.04 Å². The SMILES string of the molecule is CC(O)C(C)Nc1c(F)c(F)c(F)c(F)c1F. The molecular formula is C10H10F5NO. The molecule has 0 radical (unpaired) electrons. The van der Waals surface area contributed by atoms with Crippen LogP contribution in [0.4, 0.5) is 27.6 Å². The molecule has 0 saturated heterocycles. The van der Waals surface area contributed by atoms with Gasteiger partial charge in [0.15, 0.2) is 23.3 Å². The number of aliphatic hydroxyl groups excluding tert-OH is 1. The third-order valence-electron chi connectivity index (χ3n) is 2.31. The van der Waals surface area contributed by atoms with E-state index in [4.69, 9.17) is 5.11 Å². The minimum Gasteiger partial charge on any atom is -0.391 e. The van der Waals surface area contributed by atoms with Crippen molar-refractivity contribution in [1.82, 2.24) is 0 Å². The van der Waals surface area contributed by atoms with Gasteiger partial charge in [-0.1, -0.05) is 0 Å². The Morgan fingerprint density at radius 1 is 0.824 bits per heavy atom. The Morgan fingerprint density at radius 2 is 1.18 bits per heavy atom. The number of benzene rings is 1. The quantitative estimate of drug-likeness (QED) is 0.494. The zero-order valence-electron chi connectivity index (χ0n) is 8.99. The molecule has 0 aromatic heterocycles. The van der Waals surface area contributed by atoms with Gasteiger partial charge in [-0.25, -0.2) is 22.0 Å². The van der Waals surface area contributed by atoms with Crippen molar-refractivity contribution >= 4 is 5.69 Å². The number of hydrogen-bond donors (Lipinski definition) is 2. The summed E-state index contributed by atoms with van der Waals surface area (Å²) in [6.07, 6.45) is -1.02. The van der Waals surface area contributed by atoms with Crippen LogP contribution in [-0.2, 0) is 0 Å². The monoisotopic (exact) mass is 255 g/mol. The van der Waals surface area contributed by atoms with Crippen molar-refractivity contribution in [2.75, 3.05) is 5.32 Å². The molecule has 7 heteroatoms. The molecule has 2 N–H and O–H groups in total. The molecule has 1 aromatic rings. The van der Waals surface area contributed by atoms with Crippen LogP contribution in [-0.4, -0.2) is 17.3 Å². The molecule has 2 unspecified atom stereocenters. The molecule has 1 rings (SSSR count). The molecule has 0 aliphatic rings. The van der Waals surface area contributed by atoms with Crippen LogP contribution in [0.1, 0.15) is 13.8 Å². The first-order valence-corrected chi connectivity index (χ1v) is 4.73. The van der Waals surface area contributed by atoms with E-state index in [0.29, 0.717) is 0 Å². The zero-order chi connectivity index (χ0) is 13.3. The molecule has 0 aliphatic carbocycles. The fourth-order valence-corrected chi connectivity index (χ4v) is 1.08. The van der Waals surface area contributed by atoms with E-state index in [2.05, 4.69) is 0 Å². The van der Waals surface area contributed by atoms with Crippen molar-refractivity contribution in [1.29, 1.82) is 0 Å². The molecule has 2 nitrogen and oxygen atoms in total. The molecule has 0 fully saturated rings. The average molecular weight is 255 g/mol. The second kappa shape index (κ2) is 4.87. The number of halogens is 5. The maximum absolute atomic E-state index is 13.2. The van der Waals surface area contributed by atoms with Crippen LogP contribution >= 0.6 is 0 Å². The molecule has 0 amide bonds. The Morgan fingerprint density at radius 3 is 1.53 bits per heavy atom. The Kier molecular flexibility index (Phi) is 3.92. The Hall–Kier alpha value is -1.37. The van der Waals surface area contributed by atoms with Crippen molar-refractivity contribution in [3.63, 3.8) is 0 Å². The lowest BCUT2D eigenvalue weighted by atomic mass is 10.2. The van der Waals surface area contributed by atoms with Gasteiger partial charge in [0.05, 0.1) is 6.10 Å². The number of aliphatic hydroxyl groups is 1. The van der Waals surface area contributed by atoms with E-state index in [-0.39, 0.29) is 0 Å². The fraction of sp³-hybridized carbons (Fsp3) is 0.400. The first-order chi connectivity index (χ1) is 7.77. The summed E-state index contributed by atoms with van der Waals surface area (Å²) >= 11 is 0. The summed E-state index contributed by atoms with van der Waals surface area (Å²) in [6.45, 7) is 2.65. The number of anilines is 1. The normalized spacial score (nSPS) is 14.6. The topological polar surface area (TPSA) is 32.3 Å². The summed E-state index contributed by atoms with van der Waals surface area (Å²) in [7, 11) is 0. The van der Waals surface area contributed by atoms with Crippen molar-refractivity contribution in [2.45, 2.75) is 26.0 Å². The molecule has 96 valence electrons. The third-order valence-corrected chi connectivity index (χ3v) is 2.31. The molecule has 0 heterocycles. The summed E-state index contributed by atoms with van der Waals surface area (Å²) < 4.78 is 64.6. The van der Waals surface area contributed by atoms with Gasteiger partial charge in [-0.15, -0.1) is 0 Å². The molecule has 0 spiro atoms. The van der Waals surface area contributed by atoms with Gasteiger partial charge in [0.25, 0.3) is 0 Å². The first kappa shape index (κ1) is 13.7. The summed E-state index contributed by atoms with van der Waals surface area (Å²) in [5.74, 6) is -10.2. The van der Waals surface area contributed by atoms with E-state index in [1.807, 2.05) is 5.32 Å². The lowest BCUT2D eigenvalue weighted by Crippen LogP contribution is -2.29. The Balaban J connectivity index is 3.25. The summed E-state index contributed by atoms with van der Waals surface area (Å²) in [5, 5.41) is 11.1. The average Bonchev–Trinajstić information content (AvgIpc) is 2.29. The highest BCUT2D eigenvalue weighted by Gasteiger charge is 2.26. The summed E-state index contributed by atoms with van der Waals surface area (Å²) in [6, 6.07) is -0.872. The molecule has 17 heavy (non-hydrogen) atoms. The number of rotatable bonds is 3. The fourth-order valence-electron chi connectivity index (χ4n) is 1.08. The van der Waals surface area contributed by atoms with Crippen molar-refractivity contribution in [3.05, 3.63) is 29.1 Å². The van der Waals surface area contributed by atoms with E-state index in [0.717, 1.165) is 0 Å². The van der Waals surface area contributed by atoms with Crippen LogP contribution in [0.5, 0.6) is 0 Å². The molecule has 0 saturated carbocycles. The molecule has 1 aromatic carbocycles. The highest BCUT2D eigenvalue weighted by atomic mass is 19.2. The zero-order valence-corrected chi connectivity index (χ0v) is 8.99. The van der Waals surface area contributed by atoms with Crippen LogP contribution in [0.3, 0.4) is 0 Å². The summed E-state index contributed by atoms with van der Waals surface area (Å²) in [5.41, 5.74) is -1.14. The summed E-state index contributed by atoms with van der Waals surface area (Å²) in [4.78, 5) is 0. The van der Waals surface area contributed by atoms with Gasteiger partial charge in [0.2, 0.25) is 5.82 Å². The van der Waals surface area contributed by atoms with E-state index in [1.165, 1.54) is 13.8 Å². The van der Waals surface area contributed by atoms with Crippen LogP contribution in [0.25, 0.3) is 0 Å². The molecule has 0 aliphatic heterocycles. The van der Waals surface area contributed by atoms with E-state index < -0.39 is 46.9 Å². The van der Waals surface area contributed by atoms with E-state index >= 15 is 0 Å². The number of nitrogens with one attached hydrogen (secondary N) is 1. The van der Waals surface area contributed by atoms with Crippen molar-refractivity contribution in [3.8, 4) is 0 Å². The second-order valence-corrected chi connectivity index (χ2v) is 3.62. The van der Waals surface area contributed by atoms with Crippen molar-refractivity contribution in [2.24, 2.45) is 0 Å². The molecule has 2 atom stereocenters. The highest BCUT2D eigenvalue weighted by molar-refractivity contribution is 5.48. The standard InChI is InChI=1S/C10H10F5NO/c1-3(4(2)17)16-10-8(14)6(12)5(11)7(13)9(10)15/h3-4,16-17H,1-2H3. The smallest absolute Gasteiger partial charge is 0.200 e. The molecule has 0 bridgehead atoms. The van der Waals surface area contributed by atoms with Gasteiger partial charge < -0.3 is 10.4 Å². The lowest BCUT2D eigenvalue weighted by Gasteiger charge is -2.19. The van der Waals surface area contributed by atoms with Gasteiger partial charge in [0.1, 0.15) is 5.69 Å². The Labute approximate surface area is 94.1 Å². The van der Waals surface area contributed by atoms with Crippen LogP contribution in [0, 0.1) is 29.1 Å². The first-order valence-electron chi connectivity index (χ1n) is 4.73. The van der Waals surface area contributed by atoms with E-state index in [9.17, 15) is 22.0 Å². The minimum atomic E-state index is -2.21. The highest BCUT2D eigenvalue weighted by Crippen LogP contribution is 2.27. The van der Waals surface area contributed by atoms with Gasteiger partial charge in [-0.05, 0) is 13.8 Å².